The maximum atomic E-state index is 13.7. The highest BCUT2D eigenvalue weighted by Gasteiger charge is 2.16. The van der Waals surface area contributed by atoms with Gasteiger partial charge in [-0.15, -0.1) is 11.3 Å². The van der Waals surface area contributed by atoms with Crippen molar-refractivity contribution in [2.75, 3.05) is 18.5 Å². The first-order valence-electron chi connectivity index (χ1n) is 8.26. The largest absolute Gasteiger partial charge is 0.381 e. The molecule has 0 radical (unpaired) electrons. The summed E-state index contributed by atoms with van der Waals surface area (Å²) in [6.45, 7) is 1.60. The zero-order chi connectivity index (χ0) is 16.8. The van der Waals surface area contributed by atoms with Gasteiger partial charge in [-0.25, -0.2) is 9.37 Å². The maximum absolute atomic E-state index is 13.7. The number of nitrogens with zero attached hydrogens (tertiary/aromatic N) is 1. The Kier molecular flexibility index (Phi) is 5.93. The van der Waals surface area contributed by atoms with E-state index in [1.807, 2.05) is 6.07 Å². The van der Waals surface area contributed by atoms with Gasteiger partial charge in [0, 0.05) is 37.1 Å². The van der Waals surface area contributed by atoms with Gasteiger partial charge in [0.25, 0.3) is 0 Å². The molecule has 1 amide bonds. The van der Waals surface area contributed by atoms with Gasteiger partial charge in [-0.2, -0.15) is 0 Å². The summed E-state index contributed by atoms with van der Waals surface area (Å²) in [4.78, 5) is 17.2. The Hall–Kier alpha value is -1.79. The molecule has 24 heavy (non-hydrogen) atoms. The van der Waals surface area contributed by atoms with E-state index in [9.17, 15) is 9.18 Å². The fourth-order valence-corrected chi connectivity index (χ4v) is 3.68. The standard InChI is InChI=1S/C18H21FN2O2S/c19-16-6-2-1-5-14(16)10-15-11-20-18(24-15)21-17(22)8-7-13-4-3-9-23-12-13/h1-2,5-6,11,13H,3-4,7-10,12H2,(H,20,21,22). The van der Waals surface area contributed by atoms with Crippen LogP contribution in [0.25, 0.3) is 0 Å². The number of aromatic nitrogens is 1. The topological polar surface area (TPSA) is 51.2 Å². The SMILES string of the molecule is O=C(CCC1CCCOC1)Nc1ncc(Cc2ccccc2F)s1. The number of hydrogen-bond acceptors (Lipinski definition) is 4. The van der Waals surface area contributed by atoms with E-state index in [1.165, 1.54) is 17.4 Å². The second kappa shape index (κ2) is 8.35. The molecular formula is C18H21FN2O2S. The Morgan fingerprint density at radius 1 is 1.42 bits per heavy atom. The van der Waals surface area contributed by atoms with Crippen LogP contribution in [0.2, 0.25) is 0 Å². The van der Waals surface area contributed by atoms with Crippen molar-refractivity contribution >= 4 is 22.4 Å². The minimum atomic E-state index is -0.216. The van der Waals surface area contributed by atoms with Crippen LogP contribution in [0.15, 0.2) is 30.5 Å². The number of carbonyl (C=O) groups is 1. The molecular weight excluding hydrogens is 327 g/mol. The lowest BCUT2D eigenvalue weighted by Gasteiger charge is -2.21. The summed E-state index contributed by atoms with van der Waals surface area (Å²) < 4.78 is 19.1. The van der Waals surface area contributed by atoms with E-state index in [2.05, 4.69) is 10.3 Å². The Balaban J connectivity index is 1.48. The summed E-state index contributed by atoms with van der Waals surface area (Å²) in [6, 6.07) is 6.71. The van der Waals surface area contributed by atoms with Gasteiger partial charge in [-0.3, -0.25) is 4.79 Å². The maximum Gasteiger partial charge on any atom is 0.226 e. The normalized spacial score (nSPS) is 17.6. The quantitative estimate of drug-likeness (QED) is 0.858. The summed E-state index contributed by atoms with van der Waals surface area (Å²) in [5.74, 6) is 0.246. The van der Waals surface area contributed by atoms with Gasteiger partial charge >= 0.3 is 0 Å². The van der Waals surface area contributed by atoms with Crippen molar-refractivity contribution in [2.24, 2.45) is 5.92 Å². The summed E-state index contributed by atoms with van der Waals surface area (Å²) in [5.41, 5.74) is 0.635. The van der Waals surface area contributed by atoms with E-state index in [1.54, 1.807) is 18.3 Å². The zero-order valence-electron chi connectivity index (χ0n) is 13.5. The molecule has 1 aliphatic rings. The first-order valence-corrected chi connectivity index (χ1v) is 9.08. The second-order valence-electron chi connectivity index (χ2n) is 6.07. The molecule has 128 valence electrons. The number of benzene rings is 1. The molecule has 0 spiro atoms. The Bertz CT molecular complexity index is 683. The molecule has 6 heteroatoms. The molecule has 1 fully saturated rings. The molecule has 1 saturated heterocycles. The van der Waals surface area contributed by atoms with Crippen LogP contribution in [-0.2, 0) is 16.0 Å². The smallest absolute Gasteiger partial charge is 0.226 e. The summed E-state index contributed by atoms with van der Waals surface area (Å²) in [6.07, 6.45) is 5.73. The van der Waals surface area contributed by atoms with E-state index < -0.39 is 0 Å². The zero-order valence-corrected chi connectivity index (χ0v) is 14.3. The third kappa shape index (κ3) is 4.85. The molecule has 1 unspecified atom stereocenters. The number of thiazole rings is 1. The summed E-state index contributed by atoms with van der Waals surface area (Å²) in [5, 5.41) is 3.41. The summed E-state index contributed by atoms with van der Waals surface area (Å²) >= 11 is 1.39. The molecule has 4 nitrogen and oxygen atoms in total. The Labute approximate surface area is 145 Å². The third-order valence-corrected chi connectivity index (χ3v) is 5.07. The van der Waals surface area contributed by atoms with Crippen LogP contribution in [-0.4, -0.2) is 24.1 Å². The Morgan fingerprint density at radius 3 is 3.08 bits per heavy atom. The van der Waals surface area contributed by atoms with Crippen molar-refractivity contribution in [2.45, 2.75) is 32.1 Å². The highest BCUT2D eigenvalue weighted by Crippen LogP contribution is 2.23. The van der Waals surface area contributed by atoms with Gasteiger partial charge in [0.2, 0.25) is 5.91 Å². The van der Waals surface area contributed by atoms with E-state index >= 15 is 0 Å². The molecule has 1 aromatic heterocycles. The molecule has 1 aromatic carbocycles. The molecule has 0 aliphatic carbocycles. The van der Waals surface area contributed by atoms with Crippen LogP contribution in [0.3, 0.4) is 0 Å². The molecule has 1 N–H and O–H groups in total. The average molecular weight is 348 g/mol. The van der Waals surface area contributed by atoms with Crippen molar-refractivity contribution in [1.29, 1.82) is 0 Å². The van der Waals surface area contributed by atoms with E-state index in [4.69, 9.17) is 4.74 Å². The number of halogens is 1. The van der Waals surface area contributed by atoms with Crippen molar-refractivity contribution in [3.8, 4) is 0 Å². The lowest BCUT2D eigenvalue weighted by molar-refractivity contribution is -0.116. The predicted octanol–water partition coefficient (Wildman–Crippen LogP) is 4.02. The van der Waals surface area contributed by atoms with Crippen molar-refractivity contribution in [3.05, 3.63) is 46.7 Å². The van der Waals surface area contributed by atoms with E-state index in [0.717, 1.165) is 37.4 Å². The number of nitrogens with one attached hydrogen (secondary N) is 1. The molecule has 3 rings (SSSR count). The van der Waals surface area contributed by atoms with Gasteiger partial charge < -0.3 is 10.1 Å². The van der Waals surface area contributed by atoms with Crippen LogP contribution in [0.1, 0.15) is 36.1 Å². The fourth-order valence-electron chi connectivity index (χ4n) is 2.83. The van der Waals surface area contributed by atoms with E-state index in [-0.39, 0.29) is 11.7 Å². The fraction of sp³-hybridized carbons (Fsp3) is 0.444. The molecule has 2 heterocycles. The summed E-state index contributed by atoms with van der Waals surface area (Å²) in [7, 11) is 0. The lowest BCUT2D eigenvalue weighted by atomic mass is 9.97. The number of anilines is 1. The number of rotatable bonds is 6. The van der Waals surface area contributed by atoms with Gasteiger partial charge in [0.05, 0.1) is 0 Å². The monoisotopic (exact) mass is 348 g/mol. The minimum Gasteiger partial charge on any atom is -0.381 e. The number of hydrogen-bond donors (Lipinski definition) is 1. The van der Waals surface area contributed by atoms with Crippen LogP contribution >= 0.6 is 11.3 Å². The van der Waals surface area contributed by atoms with Gasteiger partial charge in [-0.05, 0) is 36.8 Å². The van der Waals surface area contributed by atoms with Crippen molar-refractivity contribution in [1.82, 2.24) is 4.98 Å². The first-order chi connectivity index (χ1) is 11.7. The Morgan fingerprint density at radius 2 is 2.29 bits per heavy atom. The van der Waals surface area contributed by atoms with Crippen LogP contribution in [0.5, 0.6) is 0 Å². The molecule has 1 atom stereocenters. The van der Waals surface area contributed by atoms with Crippen molar-refractivity contribution in [3.63, 3.8) is 0 Å². The highest BCUT2D eigenvalue weighted by atomic mass is 32.1. The van der Waals surface area contributed by atoms with Gasteiger partial charge in [0.1, 0.15) is 5.82 Å². The molecule has 0 saturated carbocycles. The van der Waals surface area contributed by atoms with Crippen LogP contribution < -0.4 is 5.32 Å². The first kappa shape index (κ1) is 17.0. The van der Waals surface area contributed by atoms with Crippen molar-refractivity contribution < 1.29 is 13.9 Å². The average Bonchev–Trinajstić information content (AvgIpc) is 3.03. The number of amides is 1. The van der Waals surface area contributed by atoms with E-state index in [0.29, 0.717) is 29.5 Å². The minimum absolute atomic E-state index is 0.0210. The van der Waals surface area contributed by atoms with Gasteiger partial charge in [-0.1, -0.05) is 18.2 Å². The lowest BCUT2D eigenvalue weighted by Crippen LogP contribution is -2.20. The van der Waals surface area contributed by atoms with Crippen LogP contribution in [0.4, 0.5) is 9.52 Å². The molecule has 2 aromatic rings. The predicted molar refractivity (Wildman–Crippen MR) is 92.7 cm³/mol. The third-order valence-electron chi connectivity index (χ3n) is 4.16. The second-order valence-corrected chi connectivity index (χ2v) is 7.19. The molecule has 0 bridgehead atoms. The number of ether oxygens (including phenoxy) is 1. The number of carbonyl (C=O) groups excluding carboxylic acids is 1. The van der Waals surface area contributed by atoms with Crippen LogP contribution in [0, 0.1) is 11.7 Å². The van der Waals surface area contributed by atoms with Gasteiger partial charge in [0.15, 0.2) is 5.13 Å². The molecule has 1 aliphatic heterocycles. The highest BCUT2D eigenvalue weighted by molar-refractivity contribution is 7.15.